The second-order valence-electron chi connectivity index (χ2n) is 4.67. The van der Waals surface area contributed by atoms with E-state index in [1.807, 2.05) is 14.0 Å². The van der Waals surface area contributed by atoms with E-state index in [0.29, 0.717) is 17.3 Å². The van der Waals surface area contributed by atoms with Gasteiger partial charge in [-0.1, -0.05) is 13.8 Å². The van der Waals surface area contributed by atoms with Crippen molar-refractivity contribution < 1.29 is 4.79 Å². The lowest BCUT2D eigenvalue weighted by Crippen LogP contribution is -2.34. The second kappa shape index (κ2) is 7.71. The van der Waals surface area contributed by atoms with Crippen LogP contribution in [0.4, 0.5) is 0 Å². The van der Waals surface area contributed by atoms with Crippen molar-refractivity contribution in [2.45, 2.75) is 33.2 Å². The Hall–Kier alpha value is -0.650. The van der Waals surface area contributed by atoms with E-state index in [9.17, 15) is 4.79 Å². The lowest BCUT2D eigenvalue weighted by molar-refractivity contribution is 0.0793. The zero-order valence-corrected chi connectivity index (χ0v) is 13.0. The van der Waals surface area contributed by atoms with Gasteiger partial charge in [-0.3, -0.25) is 4.79 Å². The molecule has 0 aliphatic rings. The Balaban J connectivity index is 0.00000289. The van der Waals surface area contributed by atoms with E-state index in [1.54, 1.807) is 11.1 Å². The first-order valence-electron chi connectivity index (χ1n) is 5.85. The van der Waals surface area contributed by atoms with E-state index in [-0.39, 0.29) is 24.4 Å². The van der Waals surface area contributed by atoms with Gasteiger partial charge in [0.2, 0.25) is 0 Å². The predicted octanol–water partition coefficient (Wildman–Crippen LogP) is 2.32. The van der Waals surface area contributed by atoms with E-state index in [4.69, 9.17) is 5.73 Å². The number of thiazole rings is 1. The van der Waals surface area contributed by atoms with Crippen LogP contribution in [-0.2, 0) is 0 Å². The molecular formula is C12H22ClN3OS. The first kappa shape index (κ1) is 17.4. The summed E-state index contributed by atoms with van der Waals surface area (Å²) in [6, 6.07) is 0.147. The van der Waals surface area contributed by atoms with Gasteiger partial charge in [-0.15, -0.1) is 23.7 Å². The Labute approximate surface area is 119 Å². The van der Waals surface area contributed by atoms with Gasteiger partial charge in [0.15, 0.2) is 0 Å². The lowest BCUT2D eigenvalue weighted by atomic mass is 10.0. The normalized spacial score (nSPS) is 12.1. The second-order valence-corrected chi connectivity index (χ2v) is 5.90. The first-order chi connectivity index (χ1) is 7.91. The number of aryl methyl sites for hydroxylation is 1. The minimum atomic E-state index is 0. The Morgan fingerprint density at radius 2 is 2.17 bits per heavy atom. The highest BCUT2D eigenvalue weighted by atomic mass is 35.5. The molecule has 0 saturated heterocycles. The molecule has 2 N–H and O–H groups in total. The number of nitrogens with two attached hydrogens (primary N) is 1. The van der Waals surface area contributed by atoms with Crippen LogP contribution in [0.5, 0.6) is 0 Å². The quantitative estimate of drug-likeness (QED) is 0.906. The first-order valence-corrected chi connectivity index (χ1v) is 6.67. The highest BCUT2D eigenvalue weighted by Crippen LogP contribution is 2.14. The Kier molecular flexibility index (Phi) is 7.43. The molecule has 0 radical (unpaired) electrons. The molecule has 1 rings (SSSR count). The van der Waals surface area contributed by atoms with Crippen molar-refractivity contribution in [2.24, 2.45) is 11.7 Å². The fourth-order valence-electron chi connectivity index (χ4n) is 1.43. The molecule has 1 heterocycles. The number of carbonyl (C=O) groups is 1. The summed E-state index contributed by atoms with van der Waals surface area (Å²) in [5, 5.41) is 0.917. The minimum absolute atomic E-state index is 0. The van der Waals surface area contributed by atoms with Gasteiger partial charge in [-0.05, 0) is 19.3 Å². The molecule has 1 aromatic heterocycles. The molecule has 0 spiro atoms. The fourth-order valence-corrected chi connectivity index (χ4v) is 2.20. The summed E-state index contributed by atoms with van der Waals surface area (Å²) in [7, 11) is 1.81. The molecule has 18 heavy (non-hydrogen) atoms. The Morgan fingerprint density at radius 1 is 1.56 bits per heavy atom. The van der Waals surface area contributed by atoms with Crippen molar-refractivity contribution in [3.8, 4) is 0 Å². The van der Waals surface area contributed by atoms with Gasteiger partial charge in [0, 0.05) is 19.6 Å². The number of hydrogen-bond donors (Lipinski definition) is 1. The number of nitrogens with zero attached hydrogens (tertiary/aromatic N) is 2. The van der Waals surface area contributed by atoms with Crippen molar-refractivity contribution >= 4 is 29.7 Å². The summed E-state index contributed by atoms with van der Waals surface area (Å²) in [6.45, 7) is 6.78. The third-order valence-electron chi connectivity index (χ3n) is 2.83. The van der Waals surface area contributed by atoms with Gasteiger partial charge in [-0.25, -0.2) is 4.98 Å². The zero-order chi connectivity index (χ0) is 13.0. The summed E-state index contributed by atoms with van der Waals surface area (Å²) in [5.41, 5.74) is 5.96. The van der Waals surface area contributed by atoms with Crippen LogP contribution in [0.3, 0.4) is 0 Å². The smallest absolute Gasteiger partial charge is 0.265 e. The third kappa shape index (κ3) is 4.92. The fraction of sp³-hybridized carbons (Fsp3) is 0.667. The van der Waals surface area contributed by atoms with E-state index >= 15 is 0 Å². The molecule has 0 saturated carbocycles. The van der Waals surface area contributed by atoms with Gasteiger partial charge >= 0.3 is 0 Å². The van der Waals surface area contributed by atoms with Gasteiger partial charge < -0.3 is 10.6 Å². The summed E-state index contributed by atoms with van der Waals surface area (Å²) in [6.07, 6.45) is 2.47. The minimum Gasteiger partial charge on any atom is -0.341 e. The summed E-state index contributed by atoms with van der Waals surface area (Å²) in [5.74, 6) is 0.482. The Morgan fingerprint density at radius 3 is 2.61 bits per heavy atom. The molecule has 1 amide bonds. The van der Waals surface area contributed by atoms with E-state index < -0.39 is 0 Å². The van der Waals surface area contributed by atoms with Crippen molar-refractivity contribution in [1.29, 1.82) is 0 Å². The van der Waals surface area contributed by atoms with Crippen LogP contribution in [0, 0.1) is 12.8 Å². The molecule has 1 unspecified atom stereocenters. The third-order valence-corrected chi connectivity index (χ3v) is 3.73. The molecule has 1 atom stereocenters. The van der Waals surface area contributed by atoms with Crippen molar-refractivity contribution in [2.75, 3.05) is 13.6 Å². The van der Waals surface area contributed by atoms with Gasteiger partial charge in [0.05, 0.1) is 11.2 Å². The summed E-state index contributed by atoms with van der Waals surface area (Å²) >= 11 is 1.43. The SMILES string of the molecule is Cc1ncc(C(=O)N(C)CCC(N)C(C)C)s1.Cl. The summed E-state index contributed by atoms with van der Waals surface area (Å²) < 4.78 is 0. The van der Waals surface area contributed by atoms with Crippen LogP contribution < -0.4 is 5.73 Å². The molecule has 104 valence electrons. The van der Waals surface area contributed by atoms with Crippen molar-refractivity contribution in [3.63, 3.8) is 0 Å². The van der Waals surface area contributed by atoms with Crippen LogP contribution in [0.2, 0.25) is 0 Å². The zero-order valence-electron chi connectivity index (χ0n) is 11.3. The van der Waals surface area contributed by atoms with Crippen molar-refractivity contribution in [3.05, 3.63) is 16.1 Å². The molecule has 0 aliphatic heterocycles. The maximum Gasteiger partial charge on any atom is 0.265 e. The topological polar surface area (TPSA) is 59.2 Å². The molecule has 0 aliphatic carbocycles. The molecule has 0 aromatic carbocycles. The molecule has 4 nitrogen and oxygen atoms in total. The van der Waals surface area contributed by atoms with Crippen LogP contribution in [-0.4, -0.2) is 35.4 Å². The number of hydrogen-bond acceptors (Lipinski definition) is 4. The van der Waals surface area contributed by atoms with Gasteiger partial charge in [-0.2, -0.15) is 0 Å². The number of rotatable bonds is 5. The number of halogens is 1. The number of carbonyl (C=O) groups excluding carboxylic acids is 1. The van der Waals surface area contributed by atoms with E-state index in [2.05, 4.69) is 18.8 Å². The maximum absolute atomic E-state index is 12.0. The average molecular weight is 292 g/mol. The standard InChI is InChI=1S/C12H21N3OS.ClH/c1-8(2)10(13)5-6-15(4)12(16)11-7-14-9(3)17-11;/h7-8,10H,5-6,13H2,1-4H3;1H. The summed E-state index contributed by atoms with van der Waals surface area (Å²) in [4.78, 5) is 18.5. The molecular weight excluding hydrogens is 270 g/mol. The molecule has 6 heteroatoms. The molecule has 1 aromatic rings. The maximum atomic E-state index is 12.0. The molecule has 0 bridgehead atoms. The van der Waals surface area contributed by atoms with Crippen LogP contribution in [0.15, 0.2) is 6.20 Å². The van der Waals surface area contributed by atoms with Gasteiger partial charge in [0.1, 0.15) is 4.88 Å². The monoisotopic (exact) mass is 291 g/mol. The largest absolute Gasteiger partial charge is 0.341 e. The number of aromatic nitrogens is 1. The number of amides is 1. The average Bonchev–Trinajstić information content (AvgIpc) is 2.70. The van der Waals surface area contributed by atoms with E-state index in [1.165, 1.54) is 11.3 Å². The highest BCUT2D eigenvalue weighted by Gasteiger charge is 2.16. The van der Waals surface area contributed by atoms with Crippen molar-refractivity contribution in [1.82, 2.24) is 9.88 Å². The van der Waals surface area contributed by atoms with Crippen LogP contribution in [0.1, 0.15) is 34.9 Å². The van der Waals surface area contributed by atoms with Gasteiger partial charge in [0.25, 0.3) is 5.91 Å². The van der Waals surface area contributed by atoms with Crippen LogP contribution in [0.25, 0.3) is 0 Å². The van der Waals surface area contributed by atoms with Crippen LogP contribution >= 0.6 is 23.7 Å². The Bertz CT molecular complexity index is 381. The van der Waals surface area contributed by atoms with E-state index in [0.717, 1.165) is 11.4 Å². The molecule has 0 fully saturated rings. The highest BCUT2D eigenvalue weighted by molar-refractivity contribution is 7.13. The lowest BCUT2D eigenvalue weighted by Gasteiger charge is -2.20. The predicted molar refractivity (Wildman–Crippen MR) is 78.5 cm³/mol.